The van der Waals surface area contributed by atoms with Gasteiger partial charge >= 0.3 is 0 Å². The molecule has 66 valence electrons. The van der Waals surface area contributed by atoms with Crippen molar-refractivity contribution in [3.63, 3.8) is 0 Å². The van der Waals surface area contributed by atoms with Gasteiger partial charge in [0.2, 0.25) is 0 Å². The molecule has 0 fully saturated rings. The van der Waals surface area contributed by atoms with Gasteiger partial charge < -0.3 is 0 Å². The molecule has 0 aliphatic heterocycles. The third-order valence-corrected chi connectivity index (χ3v) is 1.58. The number of hydrogen-bond acceptors (Lipinski definition) is 1. The van der Waals surface area contributed by atoms with Crippen molar-refractivity contribution in [3.05, 3.63) is 24.3 Å². The molecule has 0 saturated heterocycles. The molecule has 0 N–H and O–H groups in total. The van der Waals surface area contributed by atoms with Crippen LogP contribution in [0, 0.1) is 11.3 Å². The summed E-state index contributed by atoms with van der Waals surface area (Å²) < 4.78 is 0. The maximum Gasteiger partial charge on any atom is 0.0908 e. The molecule has 1 nitrogen and oxygen atoms in total. The molecule has 0 aliphatic carbocycles. The second-order valence-corrected chi connectivity index (χ2v) is 2.72. The zero-order valence-corrected chi connectivity index (χ0v) is 7.79. The molecule has 0 aromatic heterocycles. The lowest BCUT2D eigenvalue weighted by atomic mass is 10.2. The summed E-state index contributed by atoms with van der Waals surface area (Å²) in [6.07, 6.45) is 13.6. The highest BCUT2D eigenvalue weighted by molar-refractivity contribution is 5.02. The van der Waals surface area contributed by atoms with Gasteiger partial charge in [-0.1, -0.05) is 38.0 Å². The van der Waals surface area contributed by atoms with E-state index in [1.54, 1.807) is 6.08 Å². The van der Waals surface area contributed by atoms with E-state index >= 15 is 0 Å². The highest BCUT2D eigenvalue weighted by Gasteiger charge is 1.78. The van der Waals surface area contributed by atoms with Crippen LogP contribution in [0.25, 0.3) is 0 Å². The maximum absolute atomic E-state index is 8.18. The predicted octanol–water partition coefficient (Wildman–Crippen LogP) is 3.59. The minimum absolute atomic E-state index is 0.982. The third-order valence-electron chi connectivity index (χ3n) is 1.58. The van der Waals surface area contributed by atoms with E-state index < -0.39 is 0 Å². The van der Waals surface area contributed by atoms with E-state index in [0.29, 0.717) is 0 Å². The number of rotatable bonds is 6. The molecule has 1 heteroatoms. The van der Waals surface area contributed by atoms with E-state index in [0.717, 1.165) is 12.8 Å². The molecular weight excluding hydrogens is 146 g/mol. The minimum Gasteiger partial charge on any atom is -0.193 e. The quantitative estimate of drug-likeness (QED) is 0.333. The Labute approximate surface area is 75.4 Å². The Hall–Kier alpha value is -1.03. The average molecular weight is 163 g/mol. The molecule has 0 saturated carbocycles. The van der Waals surface area contributed by atoms with Crippen LogP contribution in [0.15, 0.2) is 24.3 Å². The molecule has 0 spiro atoms. The summed E-state index contributed by atoms with van der Waals surface area (Å²) >= 11 is 0. The average Bonchev–Trinajstić information content (AvgIpc) is 2.10. The van der Waals surface area contributed by atoms with Gasteiger partial charge in [-0.3, -0.25) is 0 Å². The van der Waals surface area contributed by atoms with E-state index in [2.05, 4.69) is 19.1 Å². The summed E-state index contributed by atoms with van der Waals surface area (Å²) in [7, 11) is 0. The monoisotopic (exact) mass is 163 g/mol. The molecule has 0 rings (SSSR count). The van der Waals surface area contributed by atoms with Crippen molar-refractivity contribution in [2.24, 2.45) is 0 Å². The summed E-state index contributed by atoms with van der Waals surface area (Å²) in [5.41, 5.74) is 0. The van der Waals surface area contributed by atoms with E-state index in [1.807, 2.05) is 12.1 Å². The van der Waals surface area contributed by atoms with Crippen LogP contribution in [0.1, 0.15) is 39.0 Å². The fourth-order valence-electron chi connectivity index (χ4n) is 0.886. The Kier molecular flexibility index (Phi) is 9.11. The highest BCUT2D eigenvalue weighted by atomic mass is 14.2. The summed E-state index contributed by atoms with van der Waals surface area (Å²) in [5.74, 6) is 0. The lowest BCUT2D eigenvalue weighted by Gasteiger charge is -1.88. The molecule has 12 heavy (non-hydrogen) atoms. The first-order valence-electron chi connectivity index (χ1n) is 4.61. The van der Waals surface area contributed by atoms with Gasteiger partial charge in [-0.05, 0) is 19.3 Å². The fourth-order valence-corrected chi connectivity index (χ4v) is 0.886. The first-order chi connectivity index (χ1) is 5.91. The Bertz CT molecular complexity index is 172. The number of nitrogens with zero attached hydrogens (tertiary/aromatic N) is 1. The lowest BCUT2D eigenvalue weighted by molar-refractivity contribution is 0.811. The van der Waals surface area contributed by atoms with Crippen LogP contribution >= 0.6 is 0 Å². The van der Waals surface area contributed by atoms with Gasteiger partial charge in [0, 0.05) is 6.08 Å². The Balaban J connectivity index is 3.14. The second kappa shape index (κ2) is 9.97. The number of nitriles is 1. The molecule has 0 aliphatic rings. The van der Waals surface area contributed by atoms with Crippen molar-refractivity contribution < 1.29 is 0 Å². The summed E-state index contributed by atoms with van der Waals surface area (Å²) in [4.78, 5) is 0. The molecule has 0 unspecified atom stereocenters. The van der Waals surface area contributed by atoms with E-state index in [9.17, 15) is 0 Å². The Morgan fingerprint density at radius 2 is 1.75 bits per heavy atom. The SMILES string of the molecule is CCCC/C=C/CC/C=C/C#N. The predicted molar refractivity (Wildman–Crippen MR) is 52.7 cm³/mol. The van der Waals surface area contributed by atoms with Gasteiger partial charge in [0.15, 0.2) is 0 Å². The van der Waals surface area contributed by atoms with Crippen LogP contribution in [0.2, 0.25) is 0 Å². The topological polar surface area (TPSA) is 23.8 Å². The largest absolute Gasteiger partial charge is 0.193 e. The van der Waals surface area contributed by atoms with Gasteiger partial charge in [0.1, 0.15) is 0 Å². The van der Waals surface area contributed by atoms with E-state index in [1.165, 1.54) is 19.3 Å². The summed E-state index contributed by atoms with van der Waals surface area (Å²) in [5, 5.41) is 8.18. The zero-order chi connectivity index (χ0) is 9.07. The normalized spacial score (nSPS) is 11.0. The molecule has 0 atom stereocenters. The first kappa shape index (κ1) is 11.0. The standard InChI is InChI=1S/C11H17N/c1-2-3-4-5-6-7-8-9-10-11-12/h5-6,9-10H,2-4,7-8H2,1H3/b6-5+,10-9+. The smallest absolute Gasteiger partial charge is 0.0908 e. The van der Waals surface area contributed by atoms with Crippen molar-refractivity contribution in [2.75, 3.05) is 0 Å². The van der Waals surface area contributed by atoms with Crippen LogP contribution in [0.3, 0.4) is 0 Å². The number of allylic oxidation sites excluding steroid dienone is 4. The van der Waals surface area contributed by atoms with Gasteiger partial charge in [0.05, 0.1) is 6.07 Å². The zero-order valence-electron chi connectivity index (χ0n) is 7.79. The molecule has 0 aromatic rings. The maximum atomic E-state index is 8.18. The van der Waals surface area contributed by atoms with Crippen molar-refractivity contribution in [1.29, 1.82) is 5.26 Å². The molecular formula is C11H17N. The van der Waals surface area contributed by atoms with Gasteiger partial charge in [-0.15, -0.1) is 0 Å². The Morgan fingerprint density at radius 3 is 2.42 bits per heavy atom. The van der Waals surface area contributed by atoms with Crippen LogP contribution in [0.5, 0.6) is 0 Å². The molecule has 0 amide bonds. The van der Waals surface area contributed by atoms with Crippen molar-refractivity contribution >= 4 is 0 Å². The number of hydrogen-bond donors (Lipinski definition) is 0. The number of unbranched alkanes of at least 4 members (excludes halogenated alkanes) is 3. The van der Waals surface area contributed by atoms with E-state index in [-0.39, 0.29) is 0 Å². The Morgan fingerprint density at radius 1 is 1.08 bits per heavy atom. The highest BCUT2D eigenvalue weighted by Crippen LogP contribution is 1.98. The second-order valence-electron chi connectivity index (χ2n) is 2.72. The molecule has 0 radical (unpaired) electrons. The van der Waals surface area contributed by atoms with E-state index in [4.69, 9.17) is 5.26 Å². The van der Waals surface area contributed by atoms with Crippen molar-refractivity contribution in [3.8, 4) is 6.07 Å². The lowest BCUT2D eigenvalue weighted by Crippen LogP contribution is -1.68. The van der Waals surface area contributed by atoms with Crippen molar-refractivity contribution in [1.82, 2.24) is 0 Å². The molecule has 0 heterocycles. The minimum atomic E-state index is 0.982. The van der Waals surface area contributed by atoms with Gasteiger partial charge in [0.25, 0.3) is 0 Å². The third kappa shape index (κ3) is 8.97. The van der Waals surface area contributed by atoms with Crippen LogP contribution in [0.4, 0.5) is 0 Å². The van der Waals surface area contributed by atoms with Crippen molar-refractivity contribution in [2.45, 2.75) is 39.0 Å². The van der Waals surface area contributed by atoms with Crippen LogP contribution in [-0.2, 0) is 0 Å². The first-order valence-corrected chi connectivity index (χ1v) is 4.61. The molecule has 0 bridgehead atoms. The van der Waals surface area contributed by atoms with Gasteiger partial charge in [-0.2, -0.15) is 5.26 Å². The van der Waals surface area contributed by atoms with Crippen LogP contribution in [-0.4, -0.2) is 0 Å². The summed E-state index contributed by atoms with van der Waals surface area (Å²) in [6.45, 7) is 2.20. The molecule has 0 aromatic carbocycles. The van der Waals surface area contributed by atoms with Gasteiger partial charge in [-0.25, -0.2) is 0 Å². The van der Waals surface area contributed by atoms with Crippen LogP contribution < -0.4 is 0 Å². The fraction of sp³-hybridized carbons (Fsp3) is 0.545. The summed E-state index contributed by atoms with van der Waals surface area (Å²) in [6, 6.07) is 1.97.